The largest absolute Gasteiger partial charge is 0.340 e. The zero-order valence-corrected chi connectivity index (χ0v) is 14.1. The molecule has 0 aromatic heterocycles. The van der Waals surface area contributed by atoms with Crippen molar-refractivity contribution >= 4 is 17.7 Å². The molecule has 1 heterocycles. The summed E-state index contributed by atoms with van der Waals surface area (Å²) in [5.41, 5.74) is -0.635. The average Bonchev–Trinajstić information content (AvgIpc) is 2.82. The molecule has 0 unspecified atom stereocenters. The average molecular weight is 318 g/mol. The van der Waals surface area contributed by atoms with E-state index in [1.807, 2.05) is 13.8 Å². The molecule has 2 atom stereocenters. The normalized spacial score (nSPS) is 24.3. The summed E-state index contributed by atoms with van der Waals surface area (Å²) in [5, 5.41) is 2.87. The van der Waals surface area contributed by atoms with Gasteiger partial charge in [-0.05, 0) is 25.7 Å². The first-order valence-corrected chi connectivity index (χ1v) is 8.62. The summed E-state index contributed by atoms with van der Waals surface area (Å²) in [6.45, 7) is 4.02. The van der Waals surface area contributed by atoms with Gasteiger partial charge in [0, 0.05) is 13.0 Å². The van der Waals surface area contributed by atoms with Gasteiger partial charge in [0.15, 0.2) is 0 Å². The van der Waals surface area contributed by atoms with Gasteiger partial charge in [-0.2, -0.15) is 0 Å². The maximum Gasteiger partial charge on any atom is 0.233 e. The van der Waals surface area contributed by atoms with Gasteiger partial charge in [0.2, 0.25) is 17.7 Å². The van der Waals surface area contributed by atoms with Gasteiger partial charge in [0.1, 0.15) is 5.54 Å². The second-order valence-corrected chi connectivity index (χ2v) is 6.56. The van der Waals surface area contributed by atoms with Crippen LogP contribution in [0.3, 0.4) is 0 Å². The van der Waals surface area contributed by atoms with Gasteiger partial charge in [-0.25, -0.2) is 0 Å². The van der Waals surface area contributed by atoms with Crippen LogP contribution in [-0.2, 0) is 14.4 Å². The Labute approximate surface area is 138 Å². The van der Waals surface area contributed by atoms with Crippen LogP contribution in [0, 0.1) is 24.2 Å². The topological polar surface area (TPSA) is 66.5 Å². The van der Waals surface area contributed by atoms with E-state index in [0.717, 1.165) is 25.7 Å². The second-order valence-electron chi connectivity index (χ2n) is 6.56. The predicted octanol–water partition coefficient (Wildman–Crippen LogP) is 1.86. The number of terminal acetylenes is 1. The van der Waals surface area contributed by atoms with Crippen LogP contribution in [-0.4, -0.2) is 34.7 Å². The van der Waals surface area contributed by atoms with Crippen molar-refractivity contribution in [3.8, 4) is 12.3 Å². The van der Waals surface area contributed by atoms with Crippen LogP contribution < -0.4 is 5.32 Å². The SMILES string of the molecule is C#CC(CC)(CC)NC(=O)CCN1C(=O)[C@H]2CCCC[C@H]2C1=O. The number of amides is 3. The Hall–Kier alpha value is -1.83. The van der Waals surface area contributed by atoms with Crippen molar-refractivity contribution in [3.63, 3.8) is 0 Å². The second kappa shape index (κ2) is 7.16. The van der Waals surface area contributed by atoms with Crippen molar-refractivity contribution in [1.29, 1.82) is 0 Å². The van der Waals surface area contributed by atoms with E-state index in [2.05, 4.69) is 11.2 Å². The first-order chi connectivity index (χ1) is 11.0. The monoisotopic (exact) mass is 318 g/mol. The molecule has 3 amide bonds. The summed E-state index contributed by atoms with van der Waals surface area (Å²) in [5.74, 6) is 1.94. The van der Waals surface area contributed by atoms with E-state index in [1.165, 1.54) is 4.90 Å². The molecule has 0 spiro atoms. The molecule has 1 aliphatic carbocycles. The van der Waals surface area contributed by atoms with Gasteiger partial charge in [0.25, 0.3) is 0 Å². The third kappa shape index (κ3) is 3.41. The minimum absolute atomic E-state index is 0.0957. The van der Waals surface area contributed by atoms with E-state index in [1.54, 1.807) is 0 Å². The highest BCUT2D eigenvalue weighted by molar-refractivity contribution is 6.05. The van der Waals surface area contributed by atoms with Crippen molar-refractivity contribution in [3.05, 3.63) is 0 Å². The van der Waals surface area contributed by atoms with E-state index in [-0.39, 0.29) is 42.5 Å². The molecule has 126 valence electrons. The van der Waals surface area contributed by atoms with Crippen LogP contribution in [0.4, 0.5) is 0 Å². The molecular formula is C18H26N2O3. The first kappa shape index (κ1) is 17.5. The molecule has 2 aliphatic rings. The van der Waals surface area contributed by atoms with Gasteiger partial charge in [0.05, 0.1) is 11.8 Å². The highest BCUT2D eigenvalue weighted by Gasteiger charge is 2.47. The van der Waals surface area contributed by atoms with E-state index >= 15 is 0 Å². The fourth-order valence-electron chi connectivity index (χ4n) is 3.66. The Morgan fingerprint density at radius 3 is 2.17 bits per heavy atom. The lowest BCUT2D eigenvalue weighted by atomic mass is 9.81. The summed E-state index contributed by atoms with van der Waals surface area (Å²) in [6.07, 6.45) is 10.6. The van der Waals surface area contributed by atoms with Gasteiger partial charge in [-0.15, -0.1) is 6.42 Å². The Morgan fingerprint density at radius 1 is 1.22 bits per heavy atom. The maximum atomic E-state index is 12.4. The number of hydrogen-bond acceptors (Lipinski definition) is 3. The van der Waals surface area contributed by atoms with Crippen molar-refractivity contribution in [2.24, 2.45) is 11.8 Å². The summed E-state index contributed by atoms with van der Waals surface area (Å²) < 4.78 is 0. The van der Waals surface area contributed by atoms with E-state index in [9.17, 15) is 14.4 Å². The summed E-state index contributed by atoms with van der Waals surface area (Å²) in [7, 11) is 0. The van der Waals surface area contributed by atoms with E-state index < -0.39 is 5.54 Å². The Balaban J connectivity index is 1.93. The molecule has 1 saturated carbocycles. The molecule has 0 bridgehead atoms. The molecule has 5 nitrogen and oxygen atoms in total. The van der Waals surface area contributed by atoms with Crippen LogP contribution in [0.2, 0.25) is 0 Å². The number of imide groups is 1. The minimum Gasteiger partial charge on any atom is -0.340 e. The van der Waals surface area contributed by atoms with Gasteiger partial charge < -0.3 is 5.32 Å². The smallest absolute Gasteiger partial charge is 0.233 e. The minimum atomic E-state index is -0.635. The summed E-state index contributed by atoms with van der Waals surface area (Å²) in [6, 6.07) is 0. The molecule has 1 N–H and O–H groups in total. The van der Waals surface area contributed by atoms with Gasteiger partial charge in [-0.1, -0.05) is 32.6 Å². The van der Waals surface area contributed by atoms with Crippen LogP contribution in [0.1, 0.15) is 58.8 Å². The maximum absolute atomic E-state index is 12.4. The van der Waals surface area contributed by atoms with Crippen LogP contribution in [0.15, 0.2) is 0 Å². The fraction of sp³-hybridized carbons (Fsp3) is 0.722. The number of likely N-dealkylation sites (tertiary alicyclic amines) is 1. The molecule has 0 radical (unpaired) electrons. The summed E-state index contributed by atoms with van der Waals surface area (Å²) >= 11 is 0. The highest BCUT2D eigenvalue weighted by Crippen LogP contribution is 2.37. The zero-order chi connectivity index (χ0) is 17.0. The third-order valence-corrected chi connectivity index (χ3v) is 5.36. The molecule has 0 aromatic carbocycles. The number of rotatable bonds is 6. The van der Waals surface area contributed by atoms with Crippen molar-refractivity contribution < 1.29 is 14.4 Å². The molecule has 0 aromatic rings. The predicted molar refractivity (Wildman–Crippen MR) is 87.1 cm³/mol. The Bertz CT molecular complexity index is 507. The zero-order valence-electron chi connectivity index (χ0n) is 14.1. The van der Waals surface area contributed by atoms with Crippen LogP contribution >= 0.6 is 0 Å². The highest BCUT2D eigenvalue weighted by atomic mass is 16.2. The van der Waals surface area contributed by atoms with Crippen molar-refractivity contribution in [1.82, 2.24) is 10.2 Å². The molecule has 2 rings (SSSR count). The van der Waals surface area contributed by atoms with Gasteiger partial charge >= 0.3 is 0 Å². The lowest BCUT2D eigenvalue weighted by Crippen LogP contribution is -2.47. The summed E-state index contributed by atoms with van der Waals surface area (Å²) in [4.78, 5) is 38.2. The van der Waals surface area contributed by atoms with E-state index in [4.69, 9.17) is 6.42 Å². The van der Waals surface area contributed by atoms with Crippen molar-refractivity contribution in [2.75, 3.05) is 6.54 Å². The number of fused-ring (bicyclic) bond motifs is 1. The lowest BCUT2D eigenvalue weighted by Gasteiger charge is -2.27. The molecule has 5 heteroatoms. The Morgan fingerprint density at radius 2 is 1.74 bits per heavy atom. The first-order valence-electron chi connectivity index (χ1n) is 8.62. The number of hydrogen-bond donors (Lipinski definition) is 1. The van der Waals surface area contributed by atoms with Gasteiger partial charge in [-0.3, -0.25) is 19.3 Å². The molecular weight excluding hydrogens is 292 g/mol. The van der Waals surface area contributed by atoms with Crippen LogP contribution in [0.25, 0.3) is 0 Å². The van der Waals surface area contributed by atoms with Crippen molar-refractivity contribution in [2.45, 2.75) is 64.3 Å². The number of carbonyl (C=O) groups is 3. The van der Waals surface area contributed by atoms with E-state index in [0.29, 0.717) is 12.8 Å². The lowest BCUT2D eigenvalue weighted by molar-refractivity contribution is -0.140. The Kier molecular flexibility index (Phi) is 5.46. The molecule has 23 heavy (non-hydrogen) atoms. The fourth-order valence-corrected chi connectivity index (χ4v) is 3.66. The quantitative estimate of drug-likeness (QED) is 0.600. The molecule has 1 saturated heterocycles. The number of nitrogens with zero attached hydrogens (tertiary/aromatic N) is 1. The van der Waals surface area contributed by atoms with Crippen LogP contribution in [0.5, 0.6) is 0 Å². The third-order valence-electron chi connectivity index (χ3n) is 5.36. The standard InChI is InChI=1S/C18H26N2O3/c1-4-18(5-2,6-3)19-15(21)11-12-20-16(22)13-9-7-8-10-14(13)17(20)23/h1,13-14H,5-12H2,2-3H3,(H,19,21)/t13-,14+. The molecule has 1 aliphatic heterocycles. The number of nitrogens with one attached hydrogen (secondary N) is 1. The molecule has 2 fully saturated rings. The number of carbonyl (C=O) groups excluding carboxylic acids is 3.